The second-order valence-corrected chi connectivity index (χ2v) is 8.80. The monoisotopic (exact) mass is 483 g/mol. The van der Waals surface area contributed by atoms with E-state index >= 15 is 0 Å². The standard InChI is InChI=1S/C30H33N3O3/c1-4-6-9-21(5-2)20-36-25-18-14-23(15-19-25)29-31-28(22-12-16-24(35-3)17-13-22)32-30(33-29)26-10-7-8-11-27(26)34/h7-8,10-19,21,34H,4-6,9,20H2,1-3H3. The highest BCUT2D eigenvalue weighted by Crippen LogP contribution is 2.30. The highest BCUT2D eigenvalue weighted by molar-refractivity contribution is 5.69. The van der Waals surface area contributed by atoms with E-state index in [4.69, 9.17) is 19.4 Å². The quantitative estimate of drug-likeness (QED) is 0.243. The fourth-order valence-electron chi connectivity index (χ4n) is 3.97. The Morgan fingerprint density at radius 3 is 1.89 bits per heavy atom. The van der Waals surface area contributed by atoms with E-state index in [0.717, 1.165) is 35.7 Å². The molecule has 6 nitrogen and oxygen atoms in total. The number of para-hydroxylation sites is 1. The van der Waals surface area contributed by atoms with Crippen LogP contribution in [0.5, 0.6) is 17.2 Å². The Labute approximate surface area is 213 Å². The molecule has 4 rings (SSSR count). The average Bonchev–Trinajstić information content (AvgIpc) is 2.93. The second-order valence-electron chi connectivity index (χ2n) is 8.80. The summed E-state index contributed by atoms with van der Waals surface area (Å²) >= 11 is 0. The number of hydrogen-bond donors (Lipinski definition) is 1. The molecule has 0 radical (unpaired) electrons. The molecule has 36 heavy (non-hydrogen) atoms. The first kappa shape index (κ1) is 25.2. The number of phenols is 1. The number of aromatic nitrogens is 3. The minimum atomic E-state index is 0.118. The van der Waals surface area contributed by atoms with Gasteiger partial charge in [-0.05, 0) is 73.0 Å². The molecule has 0 saturated carbocycles. The highest BCUT2D eigenvalue weighted by Gasteiger charge is 2.15. The molecule has 0 bridgehead atoms. The molecule has 1 aromatic heterocycles. The van der Waals surface area contributed by atoms with Crippen LogP contribution in [0.2, 0.25) is 0 Å². The van der Waals surface area contributed by atoms with Crippen molar-refractivity contribution < 1.29 is 14.6 Å². The van der Waals surface area contributed by atoms with Crippen molar-refractivity contribution in [2.75, 3.05) is 13.7 Å². The third-order valence-corrected chi connectivity index (χ3v) is 6.27. The van der Waals surface area contributed by atoms with Crippen LogP contribution in [-0.4, -0.2) is 33.8 Å². The van der Waals surface area contributed by atoms with Gasteiger partial charge >= 0.3 is 0 Å². The van der Waals surface area contributed by atoms with Gasteiger partial charge in [-0.2, -0.15) is 0 Å². The molecule has 1 unspecified atom stereocenters. The Hall–Kier alpha value is -3.93. The topological polar surface area (TPSA) is 77.4 Å². The minimum absolute atomic E-state index is 0.118. The normalized spacial score (nSPS) is 11.8. The van der Waals surface area contributed by atoms with Crippen molar-refractivity contribution in [1.82, 2.24) is 15.0 Å². The molecular formula is C30H33N3O3. The number of ether oxygens (including phenoxy) is 2. The van der Waals surface area contributed by atoms with Crippen molar-refractivity contribution >= 4 is 0 Å². The summed E-state index contributed by atoms with van der Waals surface area (Å²) in [6, 6.07) is 22.4. The lowest BCUT2D eigenvalue weighted by molar-refractivity contribution is 0.233. The van der Waals surface area contributed by atoms with Gasteiger partial charge in [-0.25, -0.2) is 15.0 Å². The number of methoxy groups -OCH3 is 1. The Balaban J connectivity index is 1.64. The maximum absolute atomic E-state index is 10.4. The van der Waals surface area contributed by atoms with Crippen molar-refractivity contribution in [1.29, 1.82) is 0 Å². The van der Waals surface area contributed by atoms with Crippen LogP contribution in [-0.2, 0) is 0 Å². The molecule has 0 aliphatic rings. The van der Waals surface area contributed by atoms with Gasteiger partial charge in [-0.15, -0.1) is 0 Å². The van der Waals surface area contributed by atoms with Gasteiger partial charge in [0, 0.05) is 11.1 Å². The van der Waals surface area contributed by atoms with E-state index in [0.29, 0.717) is 29.0 Å². The first-order valence-corrected chi connectivity index (χ1v) is 12.5. The summed E-state index contributed by atoms with van der Waals surface area (Å²) in [5, 5.41) is 10.4. The van der Waals surface area contributed by atoms with Crippen LogP contribution < -0.4 is 9.47 Å². The summed E-state index contributed by atoms with van der Waals surface area (Å²) in [4.78, 5) is 14.1. The van der Waals surface area contributed by atoms with E-state index in [-0.39, 0.29) is 5.75 Å². The van der Waals surface area contributed by atoms with Gasteiger partial charge in [0.25, 0.3) is 0 Å². The number of hydrogen-bond acceptors (Lipinski definition) is 6. The molecule has 1 N–H and O–H groups in total. The number of rotatable bonds is 11. The number of nitrogens with zero attached hydrogens (tertiary/aromatic N) is 3. The fourth-order valence-corrected chi connectivity index (χ4v) is 3.97. The molecule has 0 fully saturated rings. The molecule has 0 spiro atoms. The molecule has 0 amide bonds. The van der Waals surface area contributed by atoms with Gasteiger partial charge in [0.2, 0.25) is 0 Å². The van der Waals surface area contributed by atoms with Crippen LogP contribution in [0.1, 0.15) is 39.5 Å². The Bertz CT molecular complexity index is 1260. The Morgan fingerprint density at radius 1 is 0.750 bits per heavy atom. The summed E-state index contributed by atoms with van der Waals surface area (Å²) in [6.45, 7) is 5.16. The number of aromatic hydroxyl groups is 1. The average molecular weight is 484 g/mol. The fraction of sp³-hybridized carbons (Fsp3) is 0.300. The predicted octanol–water partition coefficient (Wildman–Crippen LogP) is 7.18. The zero-order valence-corrected chi connectivity index (χ0v) is 21.1. The van der Waals surface area contributed by atoms with E-state index in [1.165, 1.54) is 19.3 Å². The van der Waals surface area contributed by atoms with Crippen LogP contribution in [0.15, 0.2) is 72.8 Å². The number of phenolic OH excluding ortho intramolecular Hbond substituents is 1. The van der Waals surface area contributed by atoms with Crippen LogP contribution in [0, 0.1) is 5.92 Å². The first-order chi connectivity index (χ1) is 17.6. The SMILES string of the molecule is CCCCC(CC)COc1ccc(-c2nc(-c3ccc(OC)cc3)nc(-c3ccccc3O)n2)cc1. The van der Waals surface area contributed by atoms with Crippen molar-refractivity contribution in [2.24, 2.45) is 5.92 Å². The van der Waals surface area contributed by atoms with Gasteiger partial charge in [0.05, 0.1) is 19.3 Å². The number of benzene rings is 3. The van der Waals surface area contributed by atoms with E-state index in [1.54, 1.807) is 25.3 Å². The molecular weight excluding hydrogens is 450 g/mol. The summed E-state index contributed by atoms with van der Waals surface area (Å²) in [6.07, 6.45) is 4.75. The molecule has 1 heterocycles. The van der Waals surface area contributed by atoms with E-state index < -0.39 is 0 Å². The highest BCUT2D eigenvalue weighted by atomic mass is 16.5. The van der Waals surface area contributed by atoms with Gasteiger partial charge < -0.3 is 14.6 Å². The van der Waals surface area contributed by atoms with Crippen LogP contribution in [0.4, 0.5) is 0 Å². The zero-order valence-electron chi connectivity index (χ0n) is 21.1. The van der Waals surface area contributed by atoms with Crippen molar-refractivity contribution in [3.63, 3.8) is 0 Å². The Kier molecular flexibility index (Phi) is 8.50. The summed E-state index contributed by atoms with van der Waals surface area (Å²) in [5.74, 6) is 3.72. The van der Waals surface area contributed by atoms with Crippen molar-refractivity contribution in [3.8, 4) is 51.4 Å². The molecule has 186 valence electrons. The predicted molar refractivity (Wildman–Crippen MR) is 143 cm³/mol. The van der Waals surface area contributed by atoms with Gasteiger partial charge in [-0.1, -0.05) is 45.2 Å². The molecule has 0 aliphatic carbocycles. The molecule has 3 aromatic carbocycles. The summed E-state index contributed by atoms with van der Waals surface area (Å²) in [7, 11) is 1.63. The van der Waals surface area contributed by atoms with Gasteiger partial charge in [-0.3, -0.25) is 0 Å². The lowest BCUT2D eigenvalue weighted by Gasteiger charge is -2.15. The lowest BCUT2D eigenvalue weighted by atomic mass is 10.0. The van der Waals surface area contributed by atoms with Crippen molar-refractivity contribution in [3.05, 3.63) is 72.8 Å². The molecule has 0 aliphatic heterocycles. The van der Waals surface area contributed by atoms with Crippen LogP contribution in [0.25, 0.3) is 34.2 Å². The van der Waals surface area contributed by atoms with Gasteiger partial charge in [0.15, 0.2) is 17.5 Å². The van der Waals surface area contributed by atoms with E-state index in [9.17, 15) is 5.11 Å². The zero-order chi connectivity index (χ0) is 25.3. The van der Waals surface area contributed by atoms with Crippen molar-refractivity contribution in [2.45, 2.75) is 39.5 Å². The minimum Gasteiger partial charge on any atom is -0.507 e. The largest absolute Gasteiger partial charge is 0.507 e. The molecule has 4 aromatic rings. The number of unbranched alkanes of at least 4 members (excludes halogenated alkanes) is 1. The first-order valence-electron chi connectivity index (χ1n) is 12.5. The molecule has 0 saturated heterocycles. The van der Waals surface area contributed by atoms with E-state index in [1.807, 2.05) is 54.6 Å². The lowest BCUT2D eigenvalue weighted by Crippen LogP contribution is -2.11. The Morgan fingerprint density at radius 2 is 1.33 bits per heavy atom. The molecule has 6 heteroatoms. The third-order valence-electron chi connectivity index (χ3n) is 6.27. The smallest absolute Gasteiger partial charge is 0.167 e. The van der Waals surface area contributed by atoms with Crippen LogP contribution in [0.3, 0.4) is 0 Å². The second kappa shape index (κ2) is 12.2. The maximum Gasteiger partial charge on any atom is 0.167 e. The summed E-state index contributed by atoms with van der Waals surface area (Å²) < 4.78 is 11.4. The maximum atomic E-state index is 10.4. The third kappa shape index (κ3) is 6.19. The van der Waals surface area contributed by atoms with Crippen LogP contribution >= 0.6 is 0 Å². The van der Waals surface area contributed by atoms with E-state index in [2.05, 4.69) is 18.8 Å². The molecule has 1 atom stereocenters. The summed E-state index contributed by atoms with van der Waals surface area (Å²) in [5.41, 5.74) is 2.22. The van der Waals surface area contributed by atoms with Gasteiger partial charge in [0.1, 0.15) is 17.2 Å².